The molecular weight excluding hydrogens is 295 g/mol. The van der Waals surface area contributed by atoms with Crippen molar-refractivity contribution in [3.8, 4) is 0 Å². The second-order valence-corrected chi connectivity index (χ2v) is 9.76. The molecule has 93 valence electrons. The molecule has 0 fully saturated rings. The van der Waals surface area contributed by atoms with Crippen molar-refractivity contribution < 1.29 is 24.9 Å². The van der Waals surface area contributed by atoms with Crippen LogP contribution in [-0.4, -0.2) is 14.4 Å². The maximum atomic E-state index is 6.02. The molecule has 0 spiro atoms. The van der Waals surface area contributed by atoms with Gasteiger partial charge in [0.2, 0.25) is 0 Å². The topological polar surface area (TPSA) is 9.23 Å². The van der Waals surface area contributed by atoms with Crippen molar-refractivity contribution in [1.82, 2.24) is 0 Å². The Kier molecular flexibility index (Phi) is 9.80. The van der Waals surface area contributed by atoms with Crippen molar-refractivity contribution in [2.45, 2.75) is 45.5 Å². The first kappa shape index (κ1) is 19.3. The number of hydrogen-bond donors (Lipinski definition) is 0. The van der Waals surface area contributed by atoms with Gasteiger partial charge in [0.15, 0.2) is 0 Å². The van der Waals surface area contributed by atoms with E-state index < -0.39 is 8.32 Å². The zero-order valence-corrected chi connectivity index (χ0v) is 14.6. The van der Waals surface area contributed by atoms with Gasteiger partial charge in [0.25, 0.3) is 0 Å². The molecule has 0 aromatic carbocycles. The van der Waals surface area contributed by atoms with Gasteiger partial charge < -0.3 is 0 Å². The molecule has 0 unspecified atom stereocenters. The summed E-state index contributed by atoms with van der Waals surface area (Å²) in [5, 5.41) is 0. The Morgan fingerprint density at radius 2 is 1.94 bits per heavy atom. The first-order valence-electron chi connectivity index (χ1n) is 5.19. The molecule has 1 rings (SSSR count). The molecule has 0 aliphatic heterocycles. The monoisotopic (exact) mass is 315 g/mol. The molecular formula is C11H21Cl2OSiTi. The van der Waals surface area contributed by atoms with E-state index in [0.717, 1.165) is 12.5 Å². The Morgan fingerprint density at radius 3 is 2.31 bits per heavy atom. The van der Waals surface area contributed by atoms with Crippen molar-refractivity contribution in [3.05, 3.63) is 21.6 Å². The first-order chi connectivity index (χ1) is 6.41. The molecule has 1 nitrogen and oxygen atoms in total. The number of allylic oxidation sites excluding steroid dienone is 4. The van der Waals surface area contributed by atoms with Crippen LogP contribution in [0.3, 0.4) is 0 Å². The quantitative estimate of drug-likeness (QED) is 0.706. The van der Waals surface area contributed by atoms with Crippen LogP contribution in [0, 0.1) is 0 Å². The van der Waals surface area contributed by atoms with Crippen LogP contribution in [0.4, 0.5) is 0 Å². The van der Waals surface area contributed by atoms with E-state index in [2.05, 4.69) is 59.5 Å². The van der Waals surface area contributed by atoms with Gasteiger partial charge in [0, 0.05) is 0 Å². The van der Waals surface area contributed by atoms with Crippen molar-refractivity contribution in [1.29, 1.82) is 0 Å². The second kappa shape index (κ2) is 8.12. The fourth-order valence-electron chi connectivity index (χ4n) is 1.85. The third-order valence-electron chi connectivity index (χ3n) is 2.20. The Balaban J connectivity index is 0. The van der Waals surface area contributed by atoms with E-state index in [4.69, 9.17) is 4.43 Å². The average molecular weight is 316 g/mol. The summed E-state index contributed by atoms with van der Waals surface area (Å²) in [4.78, 5) is 0. The summed E-state index contributed by atoms with van der Waals surface area (Å²) in [6.07, 6.45) is 6.03. The van der Waals surface area contributed by atoms with E-state index in [-0.39, 0.29) is 24.8 Å². The van der Waals surface area contributed by atoms with Gasteiger partial charge in [-0.05, 0) is 0 Å². The van der Waals surface area contributed by atoms with Crippen LogP contribution in [0.15, 0.2) is 21.6 Å². The van der Waals surface area contributed by atoms with Crippen LogP contribution in [0.5, 0.6) is 0 Å². The molecule has 16 heavy (non-hydrogen) atoms. The molecule has 1 aliphatic rings. The van der Waals surface area contributed by atoms with E-state index in [0.29, 0.717) is 6.10 Å². The molecule has 0 heterocycles. The smallest absolute Gasteiger partial charge is 0.147 e. The Morgan fingerprint density at radius 1 is 1.38 bits per heavy atom. The van der Waals surface area contributed by atoms with E-state index in [1.807, 2.05) is 0 Å². The summed E-state index contributed by atoms with van der Waals surface area (Å²) in [5.41, 5.74) is 1.52. The number of halogens is 2. The standard InChI is InChI=1S/C11H19OSi.2ClH.Ti/c1-10(2)12-13(3,4)9-11-7-5-6-8-11;;;/h5,7,10H,6,9H2,1-4H3;2*1H;. The normalized spacial score (nSPS) is 15.0. The van der Waals surface area contributed by atoms with Gasteiger partial charge in [-0.15, -0.1) is 24.8 Å². The van der Waals surface area contributed by atoms with Gasteiger partial charge in [-0.2, -0.15) is 0 Å². The summed E-state index contributed by atoms with van der Waals surface area (Å²) < 4.78 is 7.54. The summed E-state index contributed by atoms with van der Waals surface area (Å²) in [6, 6.07) is 1.16. The molecule has 0 aromatic rings. The molecule has 0 aromatic heterocycles. The third kappa shape index (κ3) is 6.63. The van der Waals surface area contributed by atoms with E-state index in [1.54, 1.807) is 0 Å². The fourth-order valence-corrected chi connectivity index (χ4v) is 5.19. The zero-order chi connectivity index (χ0) is 10.8. The Hall–Kier alpha value is 0.951. The minimum atomic E-state index is -1.48. The van der Waals surface area contributed by atoms with Gasteiger partial charge >= 0.3 is 100 Å². The Labute approximate surface area is 124 Å². The molecule has 1 aliphatic carbocycles. The maximum Gasteiger partial charge on any atom is -0.147 e. The summed E-state index contributed by atoms with van der Waals surface area (Å²) in [6.45, 7) is 8.86. The second-order valence-electron chi connectivity index (χ2n) is 4.71. The number of hydrogen-bond acceptors (Lipinski definition) is 1. The summed E-state index contributed by atoms with van der Waals surface area (Å²) in [7, 11) is -1.48. The zero-order valence-electron chi connectivity index (χ0n) is 10.4. The molecule has 0 saturated carbocycles. The van der Waals surface area contributed by atoms with Crippen LogP contribution >= 0.6 is 24.8 Å². The van der Waals surface area contributed by atoms with Crippen molar-refractivity contribution in [2.75, 3.05) is 0 Å². The van der Waals surface area contributed by atoms with Crippen molar-refractivity contribution in [3.63, 3.8) is 0 Å². The van der Waals surface area contributed by atoms with Gasteiger partial charge in [-0.3, -0.25) is 0 Å². The van der Waals surface area contributed by atoms with Gasteiger partial charge in [-0.25, -0.2) is 0 Å². The van der Waals surface area contributed by atoms with Crippen molar-refractivity contribution >= 4 is 33.1 Å². The summed E-state index contributed by atoms with van der Waals surface area (Å²) >= 11 is 2.23. The molecule has 0 N–H and O–H groups in total. The molecule has 0 atom stereocenters. The van der Waals surface area contributed by atoms with Gasteiger partial charge in [0.05, 0.1) is 0 Å². The maximum absolute atomic E-state index is 6.02. The van der Waals surface area contributed by atoms with E-state index in [1.165, 1.54) is 9.45 Å². The largest absolute Gasteiger partial charge is 0.147 e. The van der Waals surface area contributed by atoms with Gasteiger partial charge in [-0.1, -0.05) is 0 Å². The fraction of sp³-hybridized carbons (Fsp3) is 0.636. The van der Waals surface area contributed by atoms with Crippen LogP contribution in [-0.2, 0) is 24.9 Å². The van der Waals surface area contributed by atoms with E-state index in [9.17, 15) is 0 Å². The van der Waals surface area contributed by atoms with Crippen LogP contribution in [0.1, 0.15) is 20.3 Å². The van der Waals surface area contributed by atoms with E-state index >= 15 is 0 Å². The molecule has 0 radical (unpaired) electrons. The van der Waals surface area contributed by atoms with Crippen LogP contribution < -0.4 is 0 Å². The number of rotatable bonds is 4. The minimum absolute atomic E-state index is 0. The predicted molar refractivity (Wildman–Crippen MR) is 73.8 cm³/mol. The van der Waals surface area contributed by atoms with Crippen LogP contribution in [0.2, 0.25) is 19.1 Å². The Bertz CT molecular complexity index is 275. The minimum Gasteiger partial charge on any atom is -0.147 e. The predicted octanol–water partition coefficient (Wildman–Crippen LogP) is 4.22. The average Bonchev–Trinajstić information content (AvgIpc) is 2.32. The molecule has 0 bridgehead atoms. The SMILES string of the molecule is CC(C)O[Si](C)(C)CC1=[C]([Ti])CC=C1.Cl.Cl. The molecule has 5 heteroatoms. The first-order valence-corrected chi connectivity index (χ1v) is 9.08. The third-order valence-corrected chi connectivity index (χ3v) is 5.36. The molecule has 0 amide bonds. The molecule has 0 saturated heterocycles. The van der Waals surface area contributed by atoms with Crippen LogP contribution in [0.25, 0.3) is 0 Å². The van der Waals surface area contributed by atoms with Gasteiger partial charge in [0.1, 0.15) is 0 Å². The summed E-state index contributed by atoms with van der Waals surface area (Å²) in [5.74, 6) is 0. The van der Waals surface area contributed by atoms with Crippen molar-refractivity contribution in [2.24, 2.45) is 0 Å².